The van der Waals surface area contributed by atoms with E-state index in [0.29, 0.717) is 27.6 Å². The summed E-state index contributed by atoms with van der Waals surface area (Å²) in [6, 6.07) is 13.0. The number of anilines is 1. The number of hydrazone groups is 1. The van der Waals surface area contributed by atoms with Gasteiger partial charge in [0.05, 0.1) is 40.1 Å². The summed E-state index contributed by atoms with van der Waals surface area (Å²) in [4.78, 5) is 25.9. The molecule has 2 aromatic carbocycles. The summed E-state index contributed by atoms with van der Waals surface area (Å²) in [5.74, 6) is -0.983. The van der Waals surface area contributed by atoms with Crippen molar-refractivity contribution < 1.29 is 9.90 Å². The Morgan fingerprint density at radius 2 is 1.94 bits per heavy atom. The second kappa shape index (κ2) is 8.08. The van der Waals surface area contributed by atoms with E-state index < -0.39 is 5.97 Å². The summed E-state index contributed by atoms with van der Waals surface area (Å²) in [6.07, 6.45) is 1.68. The Hall–Kier alpha value is -3.91. The second-order valence-electron chi connectivity index (χ2n) is 6.96. The number of nitrogens with zero attached hydrogens (tertiary/aromatic N) is 3. The first kappa shape index (κ1) is 20.4. The van der Waals surface area contributed by atoms with Gasteiger partial charge in [0.2, 0.25) is 0 Å². The lowest BCUT2D eigenvalue weighted by Crippen LogP contribution is -2.10. The monoisotopic (exact) mass is 435 g/mol. The number of benzene rings is 2. The van der Waals surface area contributed by atoms with Crippen LogP contribution in [0.3, 0.4) is 0 Å². The van der Waals surface area contributed by atoms with Crippen molar-refractivity contribution in [2.24, 2.45) is 5.10 Å². The first-order valence-electron chi connectivity index (χ1n) is 9.35. The van der Waals surface area contributed by atoms with Crippen LogP contribution in [0.25, 0.3) is 16.6 Å². The van der Waals surface area contributed by atoms with E-state index in [1.54, 1.807) is 41.2 Å². The van der Waals surface area contributed by atoms with E-state index in [2.05, 4.69) is 20.6 Å². The molecule has 0 bridgehead atoms. The van der Waals surface area contributed by atoms with Crippen LogP contribution in [-0.2, 0) is 0 Å². The van der Waals surface area contributed by atoms with Crippen LogP contribution in [0.5, 0.6) is 0 Å². The summed E-state index contributed by atoms with van der Waals surface area (Å²) < 4.78 is 1.68. The zero-order chi connectivity index (χ0) is 22.1. The molecule has 0 spiro atoms. The van der Waals surface area contributed by atoms with Crippen LogP contribution in [0.2, 0.25) is 5.02 Å². The Morgan fingerprint density at radius 1 is 1.19 bits per heavy atom. The van der Waals surface area contributed by atoms with Crippen LogP contribution in [0.1, 0.15) is 28.5 Å². The Balaban J connectivity index is 1.68. The van der Waals surface area contributed by atoms with E-state index in [9.17, 15) is 9.59 Å². The number of nitrogens with one attached hydrogen (secondary N) is 2. The van der Waals surface area contributed by atoms with E-state index in [4.69, 9.17) is 16.7 Å². The van der Waals surface area contributed by atoms with E-state index >= 15 is 0 Å². The standard InChI is InChI=1S/C22H18ClN5O3/c1-12(26-27-16-6-3-14(4-7-16)22(30)31)18-11-24-28(13(18)2)20-10-21(29)25-19-8-5-15(23)9-17(19)20/h3-11,27H,1-2H3,(H,25,29)(H,30,31)/b26-12+. The molecular weight excluding hydrogens is 418 g/mol. The van der Waals surface area contributed by atoms with Crippen LogP contribution in [0, 0.1) is 6.92 Å². The van der Waals surface area contributed by atoms with Crippen LogP contribution in [0.15, 0.2) is 64.6 Å². The molecule has 0 atom stereocenters. The van der Waals surface area contributed by atoms with Crippen molar-refractivity contribution in [1.82, 2.24) is 14.8 Å². The molecule has 0 radical (unpaired) electrons. The van der Waals surface area contributed by atoms with Crippen LogP contribution in [-0.4, -0.2) is 31.6 Å². The summed E-state index contributed by atoms with van der Waals surface area (Å²) in [5.41, 5.74) is 7.10. The third kappa shape index (κ3) is 4.06. The van der Waals surface area contributed by atoms with E-state index in [0.717, 1.165) is 16.6 Å². The van der Waals surface area contributed by atoms with Crippen LogP contribution < -0.4 is 11.0 Å². The predicted molar refractivity (Wildman–Crippen MR) is 121 cm³/mol. The number of hydrogen-bond donors (Lipinski definition) is 3. The number of pyridine rings is 1. The number of carbonyl (C=O) groups is 1. The lowest BCUT2D eigenvalue weighted by molar-refractivity contribution is 0.0697. The van der Waals surface area contributed by atoms with Gasteiger partial charge >= 0.3 is 5.97 Å². The number of aromatic nitrogens is 3. The maximum atomic E-state index is 12.1. The molecule has 8 nitrogen and oxygen atoms in total. The van der Waals surface area contributed by atoms with Crippen molar-refractivity contribution in [2.45, 2.75) is 13.8 Å². The highest BCUT2D eigenvalue weighted by Gasteiger charge is 2.14. The number of carboxylic acids is 1. The minimum absolute atomic E-state index is 0.202. The molecule has 0 fully saturated rings. The SMILES string of the molecule is C/C(=N\Nc1ccc(C(=O)O)cc1)c1cnn(-c2cc(=O)[nH]c3ccc(Cl)cc23)c1C. The second-order valence-corrected chi connectivity index (χ2v) is 7.39. The molecule has 0 aliphatic rings. The molecule has 2 aromatic heterocycles. The van der Waals surface area contributed by atoms with Gasteiger partial charge in [0, 0.05) is 22.0 Å². The highest BCUT2D eigenvalue weighted by Crippen LogP contribution is 2.24. The Bertz CT molecular complexity index is 1390. The number of aromatic amines is 1. The van der Waals surface area contributed by atoms with E-state index in [1.165, 1.54) is 18.2 Å². The number of aromatic carboxylic acids is 1. The molecule has 0 saturated carbocycles. The van der Waals surface area contributed by atoms with Gasteiger partial charge in [-0.15, -0.1) is 0 Å². The fraction of sp³-hybridized carbons (Fsp3) is 0.0909. The molecule has 0 aliphatic heterocycles. The average molecular weight is 436 g/mol. The minimum Gasteiger partial charge on any atom is -0.478 e. The van der Waals surface area contributed by atoms with Crippen molar-refractivity contribution >= 4 is 39.9 Å². The zero-order valence-corrected chi connectivity index (χ0v) is 17.4. The number of halogens is 1. The summed E-state index contributed by atoms with van der Waals surface area (Å²) in [6.45, 7) is 3.72. The summed E-state index contributed by atoms with van der Waals surface area (Å²) in [5, 5.41) is 19.2. The van der Waals surface area contributed by atoms with Crippen LogP contribution in [0.4, 0.5) is 5.69 Å². The van der Waals surface area contributed by atoms with Gasteiger partial charge in [0.15, 0.2) is 0 Å². The lowest BCUT2D eigenvalue weighted by atomic mass is 10.1. The van der Waals surface area contributed by atoms with Gasteiger partial charge in [-0.1, -0.05) is 11.6 Å². The molecule has 0 unspecified atom stereocenters. The molecule has 2 heterocycles. The largest absolute Gasteiger partial charge is 0.478 e. The quantitative estimate of drug-likeness (QED) is 0.321. The molecule has 0 saturated heterocycles. The third-order valence-electron chi connectivity index (χ3n) is 4.90. The smallest absolute Gasteiger partial charge is 0.335 e. The normalized spacial score (nSPS) is 11.6. The number of carboxylic acid groups (broad SMARTS) is 1. The molecule has 4 aromatic rings. The Morgan fingerprint density at radius 3 is 2.65 bits per heavy atom. The van der Waals surface area contributed by atoms with Crippen molar-refractivity contribution in [3.05, 3.63) is 86.9 Å². The molecular formula is C22H18ClN5O3. The first-order chi connectivity index (χ1) is 14.8. The van der Waals surface area contributed by atoms with Gasteiger partial charge < -0.3 is 10.1 Å². The number of H-pyrrole nitrogens is 1. The lowest BCUT2D eigenvalue weighted by Gasteiger charge is -2.09. The van der Waals surface area contributed by atoms with Crippen molar-refractivity contribution in [2.75, 3.05) is 5.43 Å². The van der Waals surface area contributed by atoms with Gasteiger partial charge in [-0.05, 0) is 56.3 Å². The molecule has 0 aliphatic carbocycles. The topological polar surface area (TPSA) is 112 Å². The third-order valence-corrected chi connectivity index (χ3v) is 5.13. The van der Waals surface area contributed by atoms with Gasteiger partial charge in [0.25, 0.3) is 5.56 Å². The Labute approximate surface area is 181 Å². The van der Waals surface area contributed by atoms with E-state index in [1.807, 2.05) is 13.8 Å². The predicted octanol–water partition coefficient (Wildman–Crippen LogP) is 4.21. The van der Waals surface area contributed by atoms with Gasteiger partial charge in [0.1, 0.15) is 0 Å². The van der Waals surface area contributed by atoms with Crippen molar-refractivity contribution in [3.63, 3.8) is 0 Å². The summed E-state index contributed by atoms with van der Waals surface area (Å²) in [7, 11) is 0. The number of fused-ring (bicyclic) bond motifs is 1. The highest BCUT2D eigenvalue weighted by atomic mass is 35.5. The molecule has 0 amide bonds. The molecule has 3 N–H and O–H groups in total. The average Bonchev–Trinajstić information content (AvgIpc) is 3.13. The molecule has 31 heavy (non-hydrogen) atoms. The first-order valence-corrected chi connectivity index (χ1v) is 9.73. The number of hydrogen-bond acceptors (Lipinski definition) is 5. The highest BCUT2D eigenvalue weighted by molar-refractivity contribution is 6.31. The molecule has 9 heteroatoms. The maximum Gasteiger partial charge on any atom is 0.335 e. The number of rotatable bonds is 5. The summed E-state index contributed by atoms with van der Waals surface area (Å²) >= 11 is 6.16. The minimum atomic E-state index is -0.983. The van der Waals surface area contributed by atoms with Crippen LogP contribution >= 0.6 is 11.6 Å². The van der Waals surface area contributed by atoms with Crippen molar-refractivity contribution in [1.29, 1.82) is 0 Å². The van der Waals surface area contributed by atoms with Gasteiger partial charge in [-0.25, -0.2) is 9.48 Å². The molecule has 156 valence electrons. The Kier molecular flexibility index (Phi) is 5.31. The van der Waals surface area contributed by atoms with Gasteiger partial charge in [-0.2, -0.15) is 10.2 Å². The maximum absolute atomic E-state index is 12.1. The fourth-order valence-corrected chi connectivity index (χ4v) is 3.46. The van der Waals surface area contributed by atoms with Crippen molar-refractivity contribution in [3.8, 4) is 5.69 Å². The molecule has 4 rings (SSSR count). The fourth-order valence-electron chi connectivity index (χ4n) is 3.29. The van der Waals surface area contributed by atoms with E-state index in [-0.39, 0.29) is 11.1 Å². The van der Waals surface area contributed by atoms with Gasteiger partial charge in [-0.3, -0.25) is 10.2 Å². The zero-order valence-electron chi connectivity index (χ0n) is 16.7.